The van der Waals surface area contributed by atoms with Crippen molar-refractivity contribution in [1.82, 2.24) is 30.0 Å². The molecule has 1 aromatic heterocycles. The summed E-state index contributed by atoms with van der Waals surface area (Å²) >= 11 is 0. The fourth-order valence-corrected chi connectivity index (χ4v) is 5.03. The van der Waals surface area contributed by atoms with Crippen molar-refractivity contribution in [2.75, 3.05) is 32.7 Å². The number of aryl methyl sites for hydroxylation is 2. The second-order valence-electron chi connectivity index (χ2n) is 9.61. The van der Waals surface area contributed by atoms with Crippen molar-refractivity contribution in [3.8, 4) is 17.1 Å². The number of nitrogens with zero attached hydrogens (tertiary/aromatic N) is 7. The molecule has 0 spiro atoms. The van der Waals surface area contributed by atoms with Crippen LogP contribution >= 0.6 is 0 Å². The third kappa shape index (κ3) is 5.53. The van der Waals surface area contributed by atoms with Gasteiger partial charge in [0.25, 0.3) is 5.69 Å². The standard InChI is InChI=1S/C29H31N7O2/c1-22-9-6-10-23(2)28(22)35-29(30-31-32-35)27-25(14-7-15-26(27)36(37)38)21-34-19-17-33(18-20-34)16-8-13-24-11-4-3-5-12-24/h3-15H,16-21H2,1-2H3. The highest BCUT2D eigenvalue weighted by atomic mass is 16.6. The van der Waals surface area contributed by atoms with Gasteiger partial charge in [-0.05, 0) is 46.5 Å². The van der Waals surface area contributed by atoms with Gasteiger partial charge in [0.1, 0.15) is 5.56 Å². The lowest BCUT2D eigenvalue weighted by Crippen LogP contribution is -2.45. The molecule has 0 N–H and O–H groups in total. The van der Waals surface area contributed by atoms with Gasteiger partial charge in [0.2, 0.25) is 0 Å². The largest absolute Gasteiger partial charge is 0.297 e. The molecular formula is C29H31N7O2. The van der Waals surface area contributed by atoms with Gasteiger partial charge in [-0.25, -0.2) is 0 Å². The zero-order valence-electron chi connectivity index (χ0n) is 21.7. The van der Waals surface area contributed by atoms with E-state index in [2.05, 4.69) is 49.6 Å². The van der Waals surface area contributed by atoms with Gasteiger partial charge in [-0.3, -0.25) is 19.9 Å². The third-order valence-electron chi connectivity index (χ3n) is 7.00. The Bertz CT molecular complexity index is 1420. The van der Waals surface area contributed by atoms with Crippen LogP contribution in [0.25, 0.3) is 23.2 Å². The molecule has 3 aromatic carbocycles. The second kappa shape index (κ2) is 11.5. The summed E-state index contributed by atoms with van der Waals surface area (Å²) in [6, 6.07) is 21.5. The maximum absolute atomic E-state index is 12.1. The summed E-state index contributed by atoms with van der Waals surface area (Å²) in [5, 5.41) is 24.5. The summed E-state index contributed by atoms with van der Waals surface area (Å²) < 4.78 is 1.63. The molecule has 0 bridgehead atoms. The first-order chi connectivity index (χ1) is 18.5. The molecule has 0 amide bonds. The zero-order valence-corrected chi connectivity index (χ0v) is 21.7. The van der Waals surface area contributed by atoms with Crippen molar-refractivity contribution in [3.63, 3.8) is 0 Å². The Hall–Kier alpha value is -4.21. The van der Waals surface area contributed by atoms with Gasteiger partial charge in [-0.15, -0.1) is 5.10 Å². The highest BCUT2D eigenvalue weighted by Crippen LogP contribution is 2.34. The molecule has 1 saturated heterocycles. The average Bonchev–Trinajstić information content (AvgIpc) is 3.39. The lowest BCUT2D eigenvalue weighted by Gasteiger charge is -2.34. The molecule has 1 aliphatic rings. The Morgan fingerprint density at radius 1 is 0.895 bits per heavy atom. The number of rotatable bonds is 8. The monoisotopic (exact) mass is 509 g/mol. The SMILES string of the molecule is Cc1cccc(C)c1-n1nnnc1-c1c(CN2CCN(CC=Cc3ccccc3)CC2)cccc1[N+](=O)[O-]. The van der Waals surface area contributed by atoms with Crippen LogP contribution in [-0.2, 0) is 6.54 Å². The molecule has 4 aromatic rings. The van der Waals surface area contributed by atoms with E-state index < -0.39 is 0 Å². The summed E-state index contributed by atoms with van der Waals surface area (Å²) in [6.45, 7) is 9.09. The smallest absolute Gasteiger partial charge is 0.280 e. The van der Waals surface area contributed by atoms with E-state index in [1.165, 1.54) is 11.6 Å². The average molecular weight is 510 g/mol. The maximum atomic E-state index is 12.1. The number of tetrazole rings is 1. The van der Waals surface area contributed by atoms with Gasteiger partial charge >= 0.3 is 0 Å². The minimum absolute atomic E-state index is 0.00877. The molecule has 0 unspecified atom stereocenters. The quantitative estimate of drug-likeness (QED) is 0.251. The van der Waals surface area contributed by atoms with E-state index in [0.29, 0.717) is 17.9 Å². The molecule has 2 heterocycles. The molecular weight excluding hydrogens is 478 g/mol. The molecule has 38 heavy (non-hydrogen) atoms. The fourth-order valence-electron chi connectivity index (χ4n) is 5.03. The minimum atomic E-state index is -0.348. The van der Waals surface area contributed by atoms with Gasteiger partial charge in [0.15, 0.2) is 5.82 Å². The van der Waals surface area contributed by atoms with E-state index in [-0.39, 0.29) is 10.6 Å². The van der Waals surface area contributed by atoms with Gasteiger partial charge < -0.3 is 0 Å². The molecule has 9 nitrogen and oxygen atoms in total. The van der Waals surface area contributed by atoms with Gasteiger partial charge in [-0.1, -0.05) is 72.8 Å². The van der Waals surface area contributed by atoms with Crippen molar-refractivity contribution in [1.29, 1.82) is 0 Å². The molecule has 1 aliphatic heterocycles. The lowest BCUT2D eigenvalue weighted by molar-refractivity contribution is -0.384. The number of aromatic nitrogens is 4. The van der Waals surface area contributed by atoms with Crippen LogP contribution in [0.1, 0.15) is 22.3 Å². The van der Waals surface area contributed by atoms with Crippen molar-refractivity contribution in [3.05, 3.63) is 105 Å². The van der Waals surface area contributed by atoms with Gasteiger partial charge in [0, 0.05) is 45.3 Å². The minimum Gasteiger partial charge on any atom is -0.297 e. The van der Waals surface area contributed by atoms with E-state index in [9.17, 15) is 10.1 Å². The molecule has 0 radical (unpaired) electrons. The molecule has 194 valence electrons. The van der Waals surface area contributed by atoms with Crippen LogP contribution < -0.4 is 0 Å². The van der Waals surface area contributed by atoms with Crippen molar-refractivity contribution in [2.45, 2.75) is 20.4 Å². The predicted molar refractivity (Wildman–Crippen MR) is 148 cm³/mol. The number of para-hydroxylation sites is 1. The van der Waals surface area contributed by atoms with Gasteiger partial charge in [0.05, 0.1) is 10.6 Å². The molecule has 1 fully saturated rings. The lowest BCUT2D eigenvalue weighted by atomic mass is 10.0. The number of hydrogen-bond acceptors (Lipinski definition) is 7. The summed E-state index contributed by atoms with van der Waals surface area (Å²) in [5.74, 6) is 0.384. The van der Waals surface area contributed by atoms with Crippen LogP contribution in [0.4, 0.5) is 5.69 Å². The summed E-state index contributed by atoms with van der Waals surface area (Å²) in [6.07, 6.45) is 4.36. The van der Waals surface area contributed by atoms with E-state index in [4.69, 9.17) is 0 Å². The van der Waals surface area contributed by atoms with Crippen LogP contribution in [0.15, 0.2) is 72.8 Å². The molecule has 0 atom stereocenters. The molecule has 0 aliphatic carbocycles. The zero-order chi connectivity index (χ0) is 26.5. The van der Waals surface area contributed by atoms with Crippen molar-refractivity contribution < 1.29 is 4.92 Å². The van der Waals surface area contributed by atoms with Crippen LogP contribution in [0.3, 0.4) is 0 Å². The van der Waals surface area contributed by atoms with Crippen LogP contribution in [0, 0.1) is 24.0 Å². The normalized spacial score (nSPS) is 14.8. The summed E-state index contributed by atoms with van der Waals surface area (Å²) in [7, 11) is 0. The summed E-state index contributed by atoms with van der Waals surface area (Å²) in [5.41, 5.74) is 5.36. The first kappa shape index (κ1) is 25.4. The first-order valence-electron chi connectivity index (χ1n) is 12.8. The van der Waals surface area contributed by atoms with Crippen LogP contribution in [-0.4, -0.2) is 67.7 Å². The third-order valence-corrected chi connectivity index (χ3v) is 7.00. The van der Waals surface area contributed by atoms with Crippen molar-refractivity contribution >= 4 is 11.8 Å². The number of nitro groups is 1. The Labute approximate surface area is 222 Å². The van der Waals surface area contributed by atoms with E-state index in [0.717, 1.165) is 55.1 Å². The summed E-state index contributed by atoms with van der Waals surface area (Å²) in [4.78, 5) is 16.5. The molecule has 5 rings (SSSR count). The van der Waals surface area contributed by atoms with E-state index in [1.807, 2.05) is 56.3 Å². The van der Waals surface area contributed by atoms with Crippen LogP contribution in [0.2, 0.25) is 0 Å². The highest BCUT2D eigenvalue weighted by Gasteiger charge is 2.27. The molecule has 9 heteroatoms. The van der Waals surface area contributed by atoms with E-state index in [1.54, 1.807) is 10.7 Å². The maximum Gasteiger partial charge on any atom is 0.280 e. The molecule has 0 saturated carbocycles. The van der Waals surface area contributed by atoms with E-state index >= 15 is 0 Å². The van der Waals surface area contributed by atoms with Crippen molar-refractivity contribution in [2.24, 2.45) is 0 Å². The Balaban J connectivity index is 1.36. The highest BCUT2D eigenvalue weighted by molar-refractivity contribution is 5.73. The number of piperazine rings is 1. The predicted octanol–water partition coefficient (Wildman–Crippen LogP) is 4.69. The Morgan fingerprint density at radius 3 is 2.29 bits per heavy atom. The van der Waals surface area contributed by atoms with Crippen LogP contribution in [0.5, 0.6) is 0 Å². The number of benzene rings is 3. The Morgan fingerprint density at radius 2 is 1.58 bits per heavy atom. The van der Waals surface area contributed by atoms with Gasteiger partial charge in [-0.2, -0.15) is 4.68 Å². The first-order valence-corrected chi connectivity index (χ1v) is 12.8. The fraction of sp³-hybridized carbons (Fsp3) is 0.276. The second-order valence-corrected chi connectivity index (χ2v) is 9.61. The number of hydrogen-bond donors (Lipinski definition) is 0. The number of nitro benzene ring substituents is 1. The Kier molecular flexibility index (Phi) is 7.67. The topological polar surface area (TPSA) is 93.2 Å².